The molecule has 6 nitrogen and oxygen atoms in total. The van der Waals surface area contributed by atoms with E-state index in [-0.39, 0.29) is 0 Å². The van der Waals surface area contributed by atoms with Crippen LogP contribution in [-0.2, 0) is 6.54 Å². The Morgan fingerprint density at radius 3 is 2.68 bits per heavy atom. The molecule has 3 aromatic heterocycles. The van der Waals surface area contributed by atoms with Gasteiger partial charge in [-0.05, 0) is 41.9 Å². The normalized spacial score (nSPS) is 15.9. The van der Waals surface area contributed by atoms with Gasteiger partial charge >= 0.3 is 0 Å². The highest BCUT2D eigenvalue weighted by Gasteiger charge is 2.21. The Bertz CT molecular complexity index is 882. The zero-order chi connectivity index (χ0) is 17.4. The van der Waals surface area contributed by atoms with Crippen molar-refractivity contribution in [3.8, 4) is 0 Å². The van der Waals surface area contributed by atoms with Crippen molar-refractivity contribution in [2.75, 3.05) is 31.1 Å². The van der Waals surface area contributed by atoms with Crippen LogP contribution in [0, 0.1) is 13.8 Å². The molecular formula is C18H20BrN5O. The van der Waals surface area contributed by atoms with Crippen molar-refractivity contribution < 1.29 is 4.42 Å². The molecule has 1 saturated heterocycles. The SMILES string of the molecule is Cc1nc(CN2CCN(c3ccnc4cc(Br)cnc34)CC2)oc1C. The molecule has 4 rings (SSSR count). The van der Waals surface area contributed by atoms with Gasteiger partial charge in [-0.1, -0.05) is 0 Å². The maximum Gasteiger partial charge on any atom is 0.208 e. The Hall–Kier alpha value is -1.99. The lowest BCUT2D eigenvalue weighted by Gasteiger charge is -2.35. The van der Waals surface area contributed by atoms with Gasteiger partial charge in [0.25, 0.3) is 0 Å². The molecular weight excluding hydrogens is 382 g/mol. The highest BCUT2D eigenvalue weighted by Crippen LogP contribution is 2.26. The lowest BCUT2D eigenvalue weighted by atomic mass is 10.2. The summed E-state index contributed by atoms with van der Waals surface area (Å²) in [5.41, 5.74) is 4.01. The van der Waals surface area contributed by atoms with Crippen LogP contribution in [0.25, 0.3) is 11.0 Å². The lowest BCUT2D eigenvalue weighted by molar-refractivity contribution is 0.225. The third-order valence-corrected chi connectivity index (χ3v) is 5.10. The van der Waals surface area contributed by atoms with Gasteiger partial charge in [-0.2, -0.15) is 0 Å². The fraction of sp³-hybridized carbons (Fsp3) is 0.389. The Morgan fingerprint density at radius 2 is 1.96 bits per heavy atom. The molecule has 0 amide bonds. The van der Waals surface area contributed by atoms with Crippen molar-refractivity contribution in [3.05, 3.63) is 46.3 Å². The molecule has 0 radical (unpaired) electrons. The predicted octanol–water partition coefficient (Wildman–Crippen LogP) is 3.32. The quantitative estimate of drug-likeness (QED) is 0.670. The summed E-state index contributed by atoms with van der Waals surface area (Å²) in [5.74, 6) is 1.72. The van der Waals surface area contributed by atoms with Gasteiger partial charge in [0.2, 0.25) is 5.89 Å². The molecule has 7 heteroatoms. The molecule has 1 aliphatic rings. The van der Waals surface area contributed by atoms with Gasteiger partial charge in [-0.3, -0.25) is 14.9 Å². The number of oxazole rings is 1. The fourth-order valence-electron chi connectivity index (χ4n) is 3.19. The van der Waals surface area contributed by atoms with Crippen molar-refractivity contribution in [3.63, 3.8) is 0 Å². The number of piperazine rings is 1. The smallest absolute Gasteiger partial charge is 0.208 e. The van der Waals surface area contributed by atoms with Crippen LogP contribution < -0.4 is 4.90 Å². The van der Waals surface area contributed by atoms with Crippen molar-refractivity contribution in [1.82, 2.24) is 19.9 Å². The van der Waals surface area contributed by atoms with Gasteiger partial charge in [0.05, 0.1) is 23.4 Å². The van der Waals surface area contributed by atoms with Crippen molar-refractivity contribution >= 4 is 32.7 Å². The summed E-state index contributed by atoms with van der Waals surface area (Å²) in [6.45, 7) is 8.57. The molecule has 0 unspecified atom stereocenters. The summed E-state index contributed by atoms with van der Waals surface area (Å²) in [6, 6.07) is 4.06. The van der Waals surface area contributed by atoms with Gasteiger partial charge in [0.15, 0.2) is 0 Å². The van der Waals surface area contributed by atoms with Crippen LogP contribution in [0.1, 0.15) is 17.3 Å². The number of aromatic nitrogens is 3. The minimum atomic E-state index is 0.769. The number of hydrogen-bond donors (Lipinski definition) is 0. The molecule has 0 saturated carbocycles. The number of anilines is 1. The van der Waals surface area contributed by atoms with Crippen molar-refractivity contribution in [2.24, 2.45) is 0 Å². The first kappa shape index (κ1) is 16.5. The van der Waals surface area contributed by atoms with Crippen LogP contribution in [0.3, 0.4) is 0 Å². The molecule has 130 valence electrons. The summed E-state index contributed by atoms with van der Waals surface area (Å²) in [7, 11) is 0. The monoisotopic (exact) mass is 401 g/mol. The van der Waals surface area contributed by atoms with E-state index in [1.807, 2.05) is 32.3 Å². The van der Waals surface area contributed by atoms with Gasteiger partial charge < -0.3 is 9.32 Å². The summed E-state index contributed by atoms with van der Waals surface area (Å²) >= 11 is 3.46. The minimum absolute atomic E-state index is 0.769. The molecule has 4 heterocycles. The van der Waals surface area contributed by atoms with Crippen LogP contribution in [0.5, 0.6) is 0 Å². The lowest BCUT2D eigenvalue weighted by Crippen LogP contribution is -2.46. The average Bonchev–Trinajstić information content (AvgIpc) is 2.92. The van der Waals surface area contributed by atoms with E-state index in [0.29, 0.717) is 0 Å². The zero-order valence-electron chi connectivity index (χ0n) is 14.4. The van der Waals surface area contributed by atoms with Crippen LogP contribution in [-0.4, -0.2) is 46.0 Å². The van der Waals surface area contributed by atoms with Crippen LogP contribution >= 0.6 is 15.9 Å². The number of rotatable bonds is 3. The van der Waals surface area contributed by atoms with E-state index in [9.17, 15) is 0 Å². The van der Waals surface area contributed by atoms with Gasteiger partial charge in [0, 0.05) is 43.0 Å². The van der Waals surface area contributed by atoms with E-state index in [1.165, 1.54) is 0 Å². The molecule has 3 aromatic rings. The number of hydrogen-bond acceptors (Lipinski definition) is 6. The molecule has 0 bridgehead atoms. The second-order valence-corrected chi connectivity index (χ2v) is 7.28. The van der Waals surface area contributed by atoms with E-state index in [4.69, 9.17) is 4.42 Å². The van der Waals surface area contributed by atoms with Gasteiger partial charge in [-0.15, -0.1) is 0 Å². The third-order valence-electron chi connectivity index (χ3n) is 4.67. The highest BCUT2D eigenvalue weighted by atomic mass is 79.9. The molecule has 0 spiro atoms. The highest BCUT2D eigenvalue weighted by molar-refractivity contribution is 9.10. The average molecular weight is 402 g/mol. The number of fused-ring (bicyclic) bond motifs is 1. The molecule has 25 heavy (non-hydrogen) atoms. The second-order valence-electron chi connectivity index (χ2n) is 6.36. The molecule has 1 fully saturated rings. The van der Waals surface area contributed by atoms with Crippen molar-refractivity contribution in [1.29, 1.82) is 0 Å². The summed E-state index contributed by atoms with van der Waals surface area (Å²) in [5, 5.41) is 0. The predicted molar refractivity (Wildman–Crippen MR) is 101 cm³/mol. The topological polar surface area (TPSA) is 58.3 Å². The van der Waals surface area contributed by atoms with Gasteiger partial charge in [0.1, 0.15) is 11.3 Å². The zero-order valence-corrected chi connectivity index (χ0v) is 16.0. The van der Waals surface area contributed by atoms with E-state index in [1.54, 1.807) is 0 Å². The maximum atomic E-state index is 5.71. The largest absolute Gasteiger partial charge is 0.444 e. The van der Waals surface area contributed by atoms with Crippen LogP contribution in [0.4, 0.5) is 5.69 Å². The summed E-state index contributed by atoms with van der Waals surface area (Å²) < 4.78 is 6.66. The van der Waals surface area contributed by atoms with Crippen molar-refractivity contribution in [2.45, 2.75) is 20.4 Å². The summed E-state index contributed by atoms with van der Waals surface area (Å²) in [6.07, 6.45) is 3.69. The first-order valence-corrected chi connectivity index (χ1v) is 9.20. The Kier molecular flexibility index (Phi) is 4.43. The maximum absolute atomic E-state index is 5.71. The first-order valence-electron chi connectivity index (χ1n) is 8.40. The molecule has 0 aromatic carbocycles. The first-order chi connectivity index (χ1) is 12.1. The van der Waals surface area contributed by atoms with Crippen LogP contribution in [0.15, 0.2) is 33.4 Å². The third kappa shape index (κ3) is 3.39. The Balaban J connectivity index is 1.47. The number of nitrogens with zero attached hydrogens (tertiary/aromatic N) is 5. The molecule has 1 aliphatic heterocycles. The second kappa shape index (κ2) is 6.72. The fourth-order valence-corrected chi connectivity index (χ4v) is 3.51. The van der Waals surface area contributed by atoms with E-state index in [0.717, 1.165) is 71.3 Å². The van der Waals surface area contributed by atoms with Gasteiger partial charge in [-0.25, -0.2) is 4.98 Å². The Labute approximate surface area is 155 Å². The Morgan fingerprint density at radius 1 is 1.16 bits per heavy atom. The number of pyridine rings is 2. The number of aryl methyl sites for hydroxylation is 2. The van der Waals surface area contributed by atoms with Crippen LogP contribution in [0.2, 0.25) is 0 Å². The summed E-state index contributed by atoms with van der Waals surface area (Å²) in [4.78, 5) is 18.2. The number of halogens is 1. The molecule has 0 atom stereocenters. The van der Waals surface area contributed by atoms with E-state index < -0.39 is 0 Å². The molecule has 0 aliphatic carbocycles. The minimum Gasteiger partial charge on any atom is -0.444 e. The molecule has 0 N–H and O–H groups in total. The standard InChI is InChI=1S/C18H20BrN5O/c1-12-13(2)25-17(22-12)11-23-5-7-24(8-6-23)16-3-4-20-15-9-14(19)10-21-18(15)16/h3-4,9-10H,5-8,11H2,1-2H3. The van der Waals surface area contributed by atoms with E-state index in [2.05, 4.69) is 46.7 Å². The van der Waals surface area contributed by atoms with E-state index >= 15 is 0 Å².